The molecule has 2 aliphatic rings. The van der Waals surface area contributed by atoms with Crippen LogP contribution in [0.15, 0.2) is 60.7 Å². The van der Waals surface area contributed by atoms with Gasteiger partial charge in [-0.1, -0.05) is 55.0 Å². The number of aromatic hydroxyl groups is 2. The number of fused-ring (bicyclic) bond motifs is 1. The zero-order valence-corrected chi connectivity index (χ0v) is 24.3. The maximum absolute atomic E-state index is 13.6. The van der Waals surface area contributed by atoms with Gasteiger partial charge in [-0.05, 0) is 48.2 Å². The van der Waals surface area contributed by atoms with Crippen LogP contribution in [0.2, 0.25) is 0 Å². The lowest BCUT2D eigenvalue weighted by atomic mass is 10.1. The third kappa shape index (κ3) is 7.92. The summed E-state index contributed by atoms with van der Waals surface area (Å²) in [6, 6.07) is 18.6. The normalized spacial score (nSPS) is 15.4. The molecular formula is C32H41ClN4O4. The van der Waals surface area contributed by atoms with Crippen LogP contribution in [0.5, 0.6) is 17.2 Å². The zero-order chi connectivity index (χ0) is 27.9. The van der Waals surface area contributed by atoms with Crippen molar-refractivity contribution in [3.63, 3.8) is 0 Å². The first-order valence-corrected chi connectivity index (χ1v) is 14.3. The lowest BCUT2D eigenvalue weighted by Crippen LogP contribution is -2.46. The minimum atomic E-state index is -0.319. The van der Waals surface area contributed by atoms with Crippen LogP contribution in [0.4, 0.5) is 0 Å². The number of nitrogens with zero attached hydrogens (tertiary/aromatic N) is 3. The van der Waals surface area contributed by atoms with E-state index in [2.05, 4.69) is 28.0 Å². The summed E-state index contributed by atoms with van der Waals surface area (Å²) in [4.78, 5) is 20.4. The number of amides is 1. The van der Waals surface area contributed by atoms with Gasteiger partial charge in [-0.2, -0.15) is 0 Å². The van der Waals surface area contributed by atoms with Crippen LogP contribution in [0.25, 0.3) is 0 Å². The van der Waals surface area contributed by atoms with Gasteiger partial charge in [0.25, 0.3) is 5.91 Å². The largest absolute Gasteiger partial charge is 0.508 e. The summed E-state index contributed by atoms with van der Waals surface area (Å²) in [7, 11) is 0. The fourth-order valence-corrected chi connectivity index (χ4v) is 5.58. The average molecular weight is 581 g/mol. The molecule has 0 bridgehead atoms. The number of carbonyl (C=O) groups excluding carboxylic acids is 1. The highest BCUT2D eigenvalue weighted by molar-refractivity contribution is 6.00. The molecule has 3 aromatic carbocycles. The monoisotopic (exact) mass is 580 g/mol. The molecule has 5 rings (SSSR count). The fourth-order valence-electron chi connectivity index (χ4n) is 5.58. The third-order valence-electron chi connectivity index (χ3n) is 7.85. The first kappa shape index (κ1) is 30.7. The lowest BCUT2D eigenvalue weighted by Gasteiger charge is -2.34. The lowest BCUT2D eigenvalue weighted by molar-refractivity contribution is 0.0743. The highest BCUT2D eigenvalue weighted by Crippen LogP contribution is 2.36. The van der Waals surface area contributed by atoms with Crippen molar-refractivity contribution < 1.29 is 19.7 Å². The number of unbranched alkanes of at least 4 members (excludes halogenated alkanes) is 2. The van der Waals surface area contributed by atoms with Crippen LogP contribution in [0, 0.1) is 0 Å². The Morgan fingerprint density at radius 2 is 1.56 bits per heavy atom. The van der Waals surface area contributed by atoms with E-state index in [1.165, 1.54) is 30.5 Å². The maximum Gasteiger partial charge on any atom is 0.262 e. The Balaban J connectivity index is 0.00000387. The summed E-state index contributed by atoms with van der Waals surface area (Å²) in [5, 5.41) is 20.7. The smallest absolute Gasteiger partial charge is 0.262 e. The number of hydrogen-bond donors (Lipinski definition) is 3. The molecule has 0 aliphatic carbocycles. The molecule has 0 spiro atoms. The number of benzene rings is 3. The second-order valence-corrected chi connectivity index (χ2v) is 10.8. The van der Waals surface area contributed by atoms with Gasteiger partial charge in [-0.3, -0.25) is 9.69 Å². The molecule has 1 amide bonds. The number of rotatable bonds is 11. The molecule has 0 unspecified atom stereocenters. The number of halogens is 1. The number of phenols is 2. The van der Waals surface area contributed by atoms with E-state index in [4.69, 9.17) is 10.5 Å². The minimum Gasteiger partial charge on any atom is -0.508 e. The van der Waals surface area contributed by atoms with E-state index in [-0.39, 0.29) is 47.7 Å². The SMILES string of the molecule is Cl.NCCCCCN1CCN(Cc2ccc3c(c2)CN(C(=O)c2c(O)cc(O)cc2OCc2ccccc2)C3)CC1. The fraction of sp³-hybridized carbons (Fsp3) is 0.406. The van der Waals surface area contributed by atoms with E-state index in [9.17, 15) is 15.0 Å². The molecule has 1 saturated heterocycles. The molecule has 41 heavy (non-hydrogen) atoms. The Morgan fingerprint density at radius 3 is 2.32 bits per heavy atom. The molecule has 9 heteroatoms. The summed E-state index contributed by atoms with van der Waals surface area (Å²) >= 11 is 0. The van der Waals surface area contributed by atoms with Crippen molar-refractivity contribution in [1.29, 1.82) is 0 Å². The number of piperazine rings is 1. The Labute approximate surface area is 248 Å². The highest BCUT2D eigenvalue weighted by atomic mass is 35.5. The van der Waals surface area contributed by atoms with Gasteiger partial charge >= 0.3 is 0 Å². The van der Waals surface area contributed by atoms with Crippen LogP contribution in [0.3, 0.4) is 0 Å². The Kier molecular flexibility index (Phi) is 10.9. The first-order valence-electron chi connectivity index (χ1n) is 14.3. The minimum absolute atomic E-state index is 0. The van der Waals surface area contributed by atoms with Crippen LogP contribution in [0.1, 0.15) is 51.9 Å². The van der Waals surface area contributed by atoms with Crippen LogP contribution < -0.4 is 10.5 Å². The molecule has 2 aliphatic heterocycles. The number of ether oxygens (including phenoxy) is 1. The van der Waals surface area contributed by atoms with Gasteiger partial charge in [0, 0.05) is 57.9 Å². The van der Waals surface area contributed by atoms with Crippen molar-refractivity contribution in [1.82, 2.24) is 14.7 Å². The summed E-state index contributed by atoms with van der Waals surface area (Å²) in [6.45, 7) is 8.31. The van der Waals surface area contributed by atoms with Crippen molar-refractivity contribution in [2.24, 2.45) is 5.73 Å². The topological polar surface area (TPSA) is 103 Å². The molecule has 8 nitrogen and oxygen atoms in total. The molecule has 0 radical (unpaired) electrons. The predicted molar refractivity (Wildman–Crippen MR) is 162 cm³/mol. The quantitative estimate of drug-likeness (QED) is 0.287. The number of phenolic OH excluding ortho intramolecular Hbond substituents is 2. The average Bonchev–Trinajstić information content (AvgIpc) is 3.39. The van der Waals surface area contributed by atoms with E-state index >= 15 is 0 Å². The van der Waals surface area contributed by atoms with Crippen LogP contribution in [-0.2, 0) is 26.2 Å². The van der Waals surface area contributed by atoms with Gasteiger partial charge in [0.15, 0.2) is 0 Å². The Bertz CT molecular complexity index is 1300. The molecule has 220 valence electrons. The van der Waals surface area contributed by atoms with Crippen LogP contribution >= 0.6 is 12.4 Å². The van der Waals surface area contributed by atoms with E-state index < -0.39 is 0 Å². The van der Waals surface area contributed by atoms with Gasteiger partial charge < -0.3 is 30.5 Å². The Morgan fingerprint density at radius 1 is 0.829 bits per heavy atom. The third-order valence-corrected chi connectivity index (χ3v) is 7.85. The summed E-state index contributed by atoms with van der Waals surface area (Å²) in [6.07, 6.45) is 3.54. The van der Waals surface area contributed by atoms with Gasteiger partial charge in [0.05, 0.1) is 0 Å². The number of nitrogens with two attached hydrogens (primary N) is 1. The molecule has 2 heterocycles. The van der Waals surface area contributed by atoms with Gasteiger partial charge in [0.1, 0.15) is 29.4 Å². The molecule has 3 aromatic rings. The zero-order valence-electron chi connectivity index (χ0n) is 23.5. The second-order valence-electron chi connectivity index (χ2n) is 10.8. The van der Waals surface area contributed by atoms with Crippen LogP contribution in [-0.4, -0.2) is 70.1 Å². The maximum atomic E-state index is 13.6. The van der Waals surface area contributed by atoms with Gasteiger partial charge in [-0.25, -0.2) is 0 Å². The number of hydrogen-bond acceptors (Lipinski definition) is 7. The predicted octanol–water partition coefficient (Wildman–Crippen LogP) is 4.50. The van der Waals surface area contributed by atoms with Gasteiger partial charge in [0.2, 0.25) is 0 Å². The van der Waals surface area contributed by atoms with Crippen molar-refractivity contribution >= 4 is 18.3 Å². The molecular weight excluding hydrogens is 540 g/mol. The van der Waals surface area contributed by atoms with Crippen molar-refractivity contribution in [3.8, 4) is 17.2 Å². The molecule has 0 aromatic heterocycles. The molecule has 0 saturated carbocycles. The standard InChI is InChI=1S/C32H40N4O4.ClH/c33-11-5-2-6-12-34-13-15-35(16-14-34)20-25-9-10-26-21-36(22-27(26)17-25)32(39)31-29(38)18-28(37)19-30(31)40-23-24-7-3-1-4-8-24;/h1,3-4,7-10,17-19,37-38H,2,5-6,11-16,20-23,33H2;1H. The molecule has 4 N–H and O–H groups in total. The Hall–Kier alpha value is -3.30. The summed E-state index contributed by atoms with van der Waals surface area (Å²) in [5.74, 6) is -0.593. The van der Waals surface area contributed by atoms with E-state index in [1.54, 1.807) is 4.90 Å². The summed E-state index contributed by atoms with van der Waals surface area (Å²) in [5.41, 5.74) is 10.1. The van der Waals surface area contributed by atoms with E-state index in [1.807, 2.05) is 30.3 Å². The van der Waals surface area contributed by atoms with Crippen molar-refractivity contribution in [3.05, 3.63) is 88.5 Å². The number of carbonyl (C=O) groups is 1. The van der Waals surface area contributed by atoms with E-state index in [0.29, 0.717) is 13.1 Å². The second kappa shape index (κ2) is 14.5. The highest BCUT2D eigenvalue weighted by Gasteiger charge is 2.29. The van der Waals surface area contributed by atoms with E-state index in [0.717, 1.165) is 68.9 Å². The van der Waals surface area contributed by atoms with Crippen molar-refractivity contribution in [2.45, 2.75) is 45.5 Å². The first-order chi connectivity index (χ1) is 19.5. The molecule has 1 fully saturated rings. The van der Waals surface area contributed by atoms with Gasteiger partial charge in [-0.15, -0.1) is 12.4 Å². The molecule has 0 atom stereocenters. The van der Waals surface area contributed by atoms with Crippen molar-refractivity contribution in [2.75, 3.05) is 39.3 Å². The summed E-state index contributed by atoms with van der Waals surface area (Å²) < 4.78 is 5.90.